The molecule has 0 amide bonds. The fourth-order valence-corrected chi connectivity index (χ4v) is 2.96. The standard InChI is InChI=1S/C24H27N3O2/c1-26(2)15-10-16-29-23-22(18-20-13-8-5-9-14-20)27(3)24(28)21(25-23)17-19-11-6-4-7-12-19/h4-9,11-14,17-18H,10,15-16H2,1-3H3. The highest BCUT2D eigenvalue weighted by Gasteiger charge is 2.07. The van der Waals surface area contributed by atoms with Gasteiger partial charge >= 0.3 is 0 Å². The van der Waals surface area contributed by atoms with E-state index in [-0.39, 0.29) is 5.56 Å². The van der Waals surface area contributed by atoms with Gasteiger partial charge in [0.25, 0.3) is 5.56 Å². The molecule has 1 aromatic heterocycles. The molecule has 1 heterocycles. The van der Waals surface area contributed by atoms with Crippen LogP contribution < -0.4 is 21.0 Å². The minimum absolute atomic E-state index is 0.156. The number of hydrogen-bond donors (Lipinski definition) is 0. The van der Waals surface area contributed by atoms with Gasteiger partial charge in [0.05, 0.1) is 6.61 Å². The van der Waals surface area contributed by atoms with E-state index in [1.807, 2.05) is 80.8 Å². The van der Waals surface area contributed by atoms with Crippen molar-refractivity contribution in [2.24, 2.45) is 7.05 Å². The Morgan fingerprint density at radius 2 is 1.55 bits per heavy atom. The average molecular weight is 389 g/mol. The predicted octanol–water partition coefficient (Wildman–Crippen LogP) is 1.77. The number of aromatic nitrogens is 2. The third-order valence-corrected chi connectivity index (χ3v) is 4.52. The maximum atomic E-state index is 12.9. The molecule has 2 aromatic carbocycles. The van der Waals surface area contributed by atoms with Crippen LogP contribution in [0.3, 0.4) is 0 Å². The van der Waals surface area contributed by atoms with E-state index in [0.717, 1.165) is 24.1 Å². The molecule has 0 N–H and O–H groups in total. The Bertz CT molecular complexity index is 1100. The van der Waals surface area contributed by atoms with Crippen molar-refractivity contribution in [2.75, 3.05) is 27.2 Å². The first-order valence-electron chi connectivity index (χ1n) is 9.73. The van der Waals surface area contributed by atoms with Crippen LogP contribution in [0, 0.1) is 0 Å². The summed E-state index contributed by atoms with van der Waals surface area (Å²) in [7, 11) is 5.83. The van der Waals surface area contributed by atoms with E-state index in [1.165, 1.54) is 0 Å². The van der Waals surface area contributed by atoms with Crippen LogP contribution in [0.25, 0.3) is 12.2 Å². The quantitative estimate of drug-likeness (QED) is 0.578. The van der Waals surface area contributed by atoms with Crippen LogP contribution in [-0.4, -0.2) is 41.7 Å². The second-order valence-electron chi connectivity index (χ2n) is 7.17. The third kappa shape index (κ3) is 5.65. The normalized spacial score (nSPS) is 12.6. The molecular formula is C24H27N3O2. The molecule has 0 radical (unpaired) electrons. The minimum atomic E-state index is -0.156. The predicted molar refractivity (Wildman–Crippen MR) is 117 cm³/mol. The average Bonchev–Trinajstić information content (AvgIpc) is 2.73. The van der Waals surface area contributed by atoms with Crippen LogP contribution in [-0.2, 0) is 7.05 Å². The van der Waals surface area contributed by atoms with Crippen LogP contribution in [0.1, 0.15) is 17.5 Å². The summed E-state index contributed by atoms with van der Waals surface area (Å²) in [6, 6.07) is 19.6. The maximum Gasteiger partial charge on any atom is 0.276 e. The van der Waals surface area contributed by atoms with Crippen LogP contribution in [0.15, 0.2) is 65.5 Å². The molecule has 5 heteroatoms. The van der Waals surface area contributed by atoms with Crippen molar-refractivity contribution in [3.05, 3.63) is 92.8 Å². The van der Waals surface area contributed by atoms with Gasteiger partial charge in [-0.15, -0.1) is 0 Å². The largest absolute Gasteiger partial charge is 0.476 e. The lowest BCUT2D eigenvalue weighted by molar-refractivity contribution is 0.267. The van der Waals surface area contributed by atoms with Gasteiger partial charge in [0.2, 0.25) is 5.88 Å². The van der Waals surface area contributed by atoms with Crippen molar-refractivity contribution in [1.29, 1.82) is 0 Å². The summed E-state index contributed by atoms with van der Waals surface area (Å²) in [6.07, 6.45) is 4.60. The van der Waals surface area contributed by atoms with Crippen molar-refractivity contribution in [1.82, 2.24) is 14.5 Å². The van der Waals surface area contributed by atoms with E-state index in [2.05, 4.69) is 9.88 Å². The Morgan fingerprint density at radius 1 is 0.966 bits per heavy atom. The monoisotopic (exact) mass is 389 g/mol. The fraction of sp³-hybridized carbons (Fsp3) is 0.250. The summed E-state index contributed by atoms with van der Waals surface area (Å²) >= 11 is 0. The van der Waals surface area contributed by atoms with E-state index >= 15 is 0 Å². The smallest absolute Gasteiger partial charge is 0.276 e. The molecular weight excluding hydrogens is 362 g/mol. The van der Waals surface area contributed by atoms with Gasteiger partial charge in [-0.1, -0.05) is 60.7 Å². The zero-order valence-corrected chi connectivity index (χ0v) is 17.2. The van der Waals surface area contributed by atoms with Gasteiger partial charge in [0, 0.05) is 13.6 Å². The van der Waals surface area contributed by atoms with Crippen molar-refractivity contribution in [3.63, 3.8) is 0 Å². The topological polar surface area (TPSA) is 47.4 Å². The minimum Gasteiger partial charge on any atom is -0.476 e. The van der Waals surface area contributed by atoms with Crippen molar-refractivity contribution >= 4 is 12.2 Å². The number of rotatable bonds is 7. The molecule has 0 unspecified atom stereocenters. The Labute approximate surface area is 171 Å². The van der Waals surface area contributed by atoms with Gasteiger partial charge in [-0.3, -0.25) is 4.79 Å². The molecule has 0 aliphatic heterocycles. The van der Waals surface area contributed by atoms with Crippen molar-refractivity contribution < 1.29 is 4.74 Å². The van der Waals surface area contributed by atoms with E-state index in [9.17, 15) is 4.79 Å². The van der Waals surface area contributed by atoms with E-state index in [1.54, 1.807) is 17.7 Å². The van der Waals surface area contributed by atoms with Gasteiger partial charge in [0.1, 0.15) is 10.7 Å². The van der Waals surface area contributed by atoms with Gasteiger partial charge in [-0.25, -0.2) is 4.98 Å². The molecule has 0 fully saturated rings. The molecule has 0 aliphatic rings. The summed E-state index contributed by atoms with van der Waals surface area (Å²) in [5.41, 5.74) is 1.76. The SMILES string of the molecule is CN(C)CCCOc1nc(=Cc2ccccc2)c(=O)n(C)c1=Cc1ccccc1. The van der Waals surface area contributed by atoms with E-state index < -0.39 is 0 Å². The Hall–Kier alpha value is -3.18. The molecule has 0 saturated carbocycles. The highest BCUT2D eigenvalue weighted by molar-refractivity contribution is 5.51. The first kappa shape index (κ1) is 20.6. The lowest BCUT2D eigenvalue weighted by Gasteiger charge is -2.11. The van der Waals surface area contributed by atoms with Crippen LogP contribution in [0.5, 0.6) is 5.88 Å². The van der Waals surface area contributed by atoms with Crippen LogP contribution in [0.4, 0.5) is 0 Å². The molecule has 150 valence electrons. The molecule has 3 rings (SSSR count). The second-order valence-corrected chi connectivity index (χ2v) is 7.17. The fourth-order valence-electron chi connectivity index (χ4n) is 2.96. The third-order valence-electron chi connectivity index (χ3n) is 4.52. The summed E-state index contributed by atoms with van der Waals surface area (Å²) in [4.78, 5) is 19.6. The lowest BCUT2D eigenvalue weighted by Crippen LogP contribution is -2.44. The zero-order valence-electron chi connectivity index (χ0n) is 17.2. The lowest BCUT2D eigenvalue weighted by atomic mass is 10.2. The van der Waals surface area contributed by atoms with Crippen molar-refractivity contribution in [2.45, 2.75) is 6.42 Å². The summed E-state index contributed by atoms with van der Waals surface area (Å²) < 4.78 is 7.63. The van der Waals surface area contributed by atoms with Gasteiger partial charge < -0.3 is 14.2 Å². The second kappa shape index (κ2) is 9.85. The molecule has 0 atom stereocenters. The molecule has 0 aliphatic carbocycles. The van der Waals surface area contributed by atoms with Crippen molar-refractivity contribution in [3.8, 4) is 5.88 Å². The van der Waals surface area contributed by atoms with Crippen LogP contribution >= 0.6 is 0 Å². The Balaban J connectivity index is 2.09. The number of hydrogen-bond acceptors (Lipinski definition) is 4. The highest BCUT2D eigenvalue weighted by atomic mass is 16.5. The number of ether oxygens (including phenoxy) is 1. The molecule has 5 nitrogen and oxygen atoms in total. The van der Waals surface area contributed by atoms with E-state index in [4.69, 9.17) is 4.74 Å². The van der Waals surface area contributed by atoms with Gasteiger partial charge in [-0.05, 0) is 43.8 Å². The summed E-state index contributed by atoms with van der Waals surface area (Å²) in [6.45, 7) is 1.45. The highest BCUT2D eigenvalue weighted by Crippen LogP contribution is 2.02. The molecule has 29 heavy (non-hydrogen) atoms. The Morgan fingerprint density at radius 3 is 2.14 bits per heavy atom. The van der Waals surface area contributed by atoms with Crippen LogP contribution in [0.2, 0.25) is 0 Å². The first-order valence-corrected chi connectivity index (χ1v) is 9.73. The summed E-state index contributed by atoms with van der Waals surface area (Å²) in [5, 5.41) is 1.03. The van der Waals surface area contributed by atoms with Gasteiger partial charge in [-0.2, -0.15) is 0 Å². The number of nitrogens with zero attached hydrogens (tertiary/aromatic N) is 3. The number of benzene rings is 2. The first-order chi connectivity index (χ1) is 14.0. The van der Waals surface area contributed by atoms with E-state index in [0.29, 0.717) is 23.2 Å². The maximum absolute atomic E-state index is 12.9. The Kier molecular flexibility index (Phi) is 6.98. The molecule has 0 spiro atoms. The van der Waals surface area contributed by atoms with Gasteiger partial charge in [0.15, 0.2) is 0 Å². The molecule has 3 aromatic rings. The molecule has 0 saturated heterocycles. The summed E-state index contributed by atoms with van der Waals surface area (Å²) in [5.74, 6) is 0.469. The molecule has 0 bridgehead atoms. The zero-order chi connectivity index (χ0) is 20.6.